The number of amides is 1. The van der Waals surface area contributed by atoms with Crippen LogP contribution in [0.1, 0.15) is 18.9 Å². The van der Waals surface area contributed by atoms with Gasteiger partial charge in [0.2, 0.25) is 5.91 Å². The van der Waals surface area contributed by atoms with Gasteiger partial charge in [-0.1, -0.05) is 18.2 Å². The van der Waals surface area contributed by atoms with E-state index in [1.807, 2.05) is 6.92 Å². The van der Waals surface area contributed by atoms with Crippen LogP contribution in [-0.4, -0.2) is 31.9 Å². The monoisotopic (exact) mass is 304 g/mol. The van der Waals surface area contributed by atoms with E-state index in [-0.39, 0.29) is 30.5 Å². The standard InChI is InChI=1S/C14H19F3N2O2/c1-10(18-2)9-19-13(20)8-7-11-5-3-4-6-12(11)21-14(15,16)17/h3-6,10,18H,7-9H2,1-2H3,(H,19,20). The Morgan fingerprint density at radius 2 is 2.00 bits per heavy atom. The summed E-state index contributed by atoms with van der Waals surface area (Å²) in [4.78, 5) is 11.6. The second-order valence-corrected chi connectivity index (χ2v) is 4.65. The van der Waals surface area contributed by atoms with Gasteiger partial charge in [0.1, 0.15) is 5.75 Å². The molecule has 0 radical (unpaired) electrons. The van der Waals surface area contributed by atoms with Crippen LogP contribution in [-0.2, 0) is 11.2 Å². The number of nitrogens with one attached hydrogen (secondary N) is 2. The Hall–Kier alpha value is -1.76. The summed E-state index contributed by atoms with van der Waals surface area (Å²) >= 11 is 0. The first-order valence-electron chi connectivity index (χ1n) is 6.59. The number of hydrogen-bond donors (Lipinski definition) is 2. The number of hydrogen-bond acceptors (Lipinski definition) is 3. The fourth-order valence-corrected chi connectivity index (χ4v) is 1.64. The number of carbonyl (C=O) groups excluding carboxylic acids is 1. The summed E-state index contributed by atoms with van der Waals surface area (Å²) in [6, 6.07) is 5.96. The third-order valence-corrected chi connectivity index (χ3v) is 2.92. The largest absolute Gasteiger partial charge is 0.573 e. The van der Waals surface area contributed by atoms with Crippen molar-refractivity contribution in [2.45, 2.75) is 32.2 Å². The molecule has 1 atom stereocenters. The number of rotatable bonds is 7. The Morgan fingerprint density at radius 1 is 1.33 bits per heavy atom. The molecule has 118 valence electrons. The lowest BCUT2D eigenvalue weighted by Gasteiger charge is -2.14. The molecule has 1 unspecified atom stereocenters. The van der Waals surface area contributed by atoms with Crippen molar-refractivity contribution in [1.29, 1.82) is 0 Å². The van der Waals surface area contributed by atoms with E-state index in [1.54, 1.807) is 13.1 Å². The molecule has 0 aliphatic heterocycles. The Balaban J connectivity index is 2.53. The molecule has 0 aliphatic carbocycles. The van der Waals surface area contributed by atoms with Crippen LogP contribution in [0.5, 0.6) is 5.75 Å². The van der Waals surface area contributed by atoms with Gasteiger partial charge in [-0.05, 0) is 32.0 Å². The summed E-state index contributed by atoms with van der Waals surface area (Å²) < 4.78 is 40.7. The predicted molar refractivity (Wildman–Crippen MR) is 73.0 cm³/mol. The van der Waals surface area contributed by atoms with Crippen molar-refractivity contribution in [3.05, 3.63) is 29.8 Å². The molecule has 0 fully saturated rings. The first-order chi connectivity index (χ1) is 9.81. The zero-order valence-electron chi connectivity index (χ0n) is 12.0. The third kappa shape index (κ3) is 6.99. The van der Waals surface area contributed by atoms with Crippen LogP contribution in [0.15, 0.2) is 24.3 Å². The van der Waals surface area contributed by atoms with Gasteiger partial charge in [-0.15, -0.1) is 13.2 Å². The van der Waals surface area contributed by atoms with Crippen molar-refractivity contribution in [3.63, 3.8) is 0 Å². The van der Waals surface area contributed by atoms with E-state index in [0.29, 0.717) is 12.1 Å². The van der Waals surface area contributed by atoms with Crippen molar-refractivity contribution < 1.29 is 22.7 Å². The molecular formula is C14H19F3N2O2. The number of halogens is 3. The van der Waals surface area contributed by atoms with Crippen LogP contribution in [0.4, 0.5) is 13.2 Å². The number of aryl methyl sites for hydroxylation is 1. The van der Waals surface area contributed by atoms with Crippen molar-refractivity contribution in [2.75, 3.05) is 13.6 Å². The zero-order chi connectivity index (χ0) is 15.9. The van der Waals surface area contributed by atoms with Gasteiger partial charge in [0.05, 0.1) is 0 Å². The molecule has 0 bridgehead atoms. The van der Waals surface area contributed by atoms with E-state index in [2.05, 4.69) is 15.4 Å². The van der Waals surface area contributed by atoms with Gasteiger partial charge < -0.3 is 15.4 Å². The quantitative estimate of drug-likeness (QED) is 0.812. The van der Waals surface area contributed by atoms with Gasteiger partial charge in [-0.2, -0.15) is 0 Å². The Kier molecular flexibility index (Phi) is 6.48. The minimum Gasteiger partial charge on any atom is -0.406 e. The highest BCUT2D eigenvalue weighted by Gasteiger charge is 2.31. The number of para-hydroxylation sites is 1. The Labute approximate surface area is 121 Å². The summed E-state index contributed by atoms with van der Waals surface area (Å²) in [6.45, 7) is 2.38. The molecule has 1 rings (SSSR count). The van der Waals surface area contributed by atoms with E-state index in [1.165, 1.54) is 18.2 Å². The summed E-state index contributed by atoms with van der Waals surface area (Å²) in [5.41, 5.74) is 0.353. The molecule has 1 amide bonds. The van der Waals surface area contributed by atoms with E-state index in [0.717, 1.165) is 0 Å². The van der Waals surface area contributed by atoms with Gasteiger partial charge >= 0.3 is 6.36 Å². The van der Waals surface area contributed by atoms with E-state index in [9.17, 15) is 18.0 Å². The van der Waals surface area contributed by atoms with Crippen molar-refractivity contribution in [2.24, 2.45) is 0 Å². The zero-order valence-corrected chi connectivity index (χ0v) is 12.0. The lowest BCUT2D eigenvalue weighted by Crippen LogP contribution is -2.37. The lowest BCUT2D eigenvalue weighted by atomic mass is 10.1. The smallest absolute Gasteiger partial charge is 0.406 e. The third-order valence-electron chi connectivity index (χ3n) is 2.92. The maximum absolute atomic E-state index is 12.3. The second kappa shape index (κ2) is 7.87. The molecule has 7 heteroatoms. The fraction of sp³-hybridized carbons (Fsp3) is 0.500. The minimum atomic E-state index is -4.74. The van der Waals surface area contributed by atoms with Crippen LogP contribution >= 0.6 is 0 Å². The number of benzene rings is 1. The fourth-order valence-electron chi connectivity index (χ4n) is 1.64. The van der Waals surface area contributed by atoms with Crippen LogP contribution in [0.2, 0.25) is 0 Å². The molecule has 0 saturated heterocycles. The van der Waals surface area contributed by atoms with Crippen molar-refractivity contribution in [1.82, 2.24) is 10.6 Å². The van der Waals surface area contributed by atoms with E-state index in [4.69, 9.17) is 0 Å². The van der Waals surface area contributed by atoms with Gasteiger partial charge in [0.15, 0.2) is 0 Å². The molecule has 0 saturated carbocycles. The van der Waals surface area contributed by atoms with Gasteiger partial charge in [0, 0.05) is 19.0 Å². The molecule has 0 spiro atoms. The van der Waals surface area contributed by atoms with E-state index >= 15 is 0 Å². The Bertz CT molecular complexity index is 464. The highest BCUT2D eigenvalue weighted by atomic mass is 19.4. The first kappa shape index (κ1) is 17.3. The van der Waals surface area contributed by atoms with Gasteiger partial charge in [-0.25, -0.2) is 0 Å². The van der Waals surface area contributed by atoms with Crippen LogP contribution in [0, 0.1) is 0 Å². The van der Waals surface area contributed by atoms with Crippen molar-refractivity contribution in [3.8, 4) is 5.75 Å². The van der Waals surface area contributed by atoms with Crippen LogP contribution in [0.25, 0.3) is 0 Å². The molecule has 2 N–H and O–H groups in total. The van der Waals surface area contributed by atoms with Crippen LogP contribution in [0.3, 0.4) is 0 Å². The molecule has 1 aromatic rings. The molecule has 21 heavy (non-hydrogen) atoms. The predicted octanol–water partition coefficient (Wildman–Crippen LogP) is 2.24. The maximum atomic E-state index is 12.3. The molecule has 0 heterocycles. The van der Waals surface area contributed by atoms with Crippen LogP contribution < -0.4 is 15.4 Å². The Morgan fingerprint density at radius 3 is 2.62 bits per heavy atom. The van der Waals surface area contributed by atoms with Gasteiger partial charge in [-0.3, -0.25) is 4.79 Å². The summed E-state index contributed by atoms with van der Waals surface area (Å²) in [6.07, 6.45) is -4.44. The topological polar surface area (TPSA) is 50.4 Å². The summed E-state index contributed by atoms with van der Waals surface area (Å²) in [5.74, 6) is -0.472. The molecule has 4 nitrogen and oxygen atoms in total. The first-order valence-corrected chi connectivity index (χ1v) is 6.59. The molecule has 0 aliphatic rings. The molecule has 1 aromatic carbocycles. The average Bonchev–Trinajstić information content (AvgIpc) is 2.42. The lowest BCUT2D eigenvalue weighted by molar-refractivity contribution is -0.274. The van der Waals surface area contributed by atoms with Crippen molar-refractivity contribution >= 4 is 5.91 Å². The molecular weight excluding hydrogens is 285 g/mol. The molecule has 0 aromatic heterocycles. The minimum absolute atomic E-state index is 0.106. The number of ether oxygens (including phenoxy) is 1. The van der Waals surface area contributed by atoms with E-state index < -0.39 is 6.36 Å². The number of alkyl halides is 3. The highest BCUT2D eigenvalue weighted by Crippen LogP contribution is 2.26. The number of likely N-dealkylation sites (N-methyl/N-ethyl adjacent to an activating group) is 1. The summed E-state index contributed by atoms with van der Waals surface area (Å²) in [7, 11) is 1.78. The average molecular weight is 304 g/mol. The second-order valence-electron chi connectivity index (χ2n) is 4.65. The van der Waals surface area contributed by atoms with Gasteiger partial charge in [0.25, 0.3) is 0 Å². The number of carbonyl (C=O) groups is 1. The summed E-state index contributed by atoms with van der Waals surface area (Å²) in [5, 5.41) is 5.68. The maximum Gasteiger partial charge on any atom is 0.573 e. The normalized spacial score (nSPS) is 12.8. The SMILES string of the molecule is CNC(C)CNC(=O)CCc1ccccc1OC(F)(F)F. The highest BCUT2D eigenvalue weighted by molar-refractivity contribution is 5.76.